The summed E-state index contributed by atoms with van der Waals surface area (Å²) in [5.74, 6) is 0.813. The molecule has 0 bridgehead atoms. The Kier molecular flexibility index (Phi) is 2.91. The Morgan fingerprint density at radius 2 is 2.00 bits per heavy atom. The molecule has 5 heteroatoms. The Hall–Kier alpha value is -1.49. The minimum atomic E-state index is 0.813. The fraction of sp³-hybridized carbons (Fsp3) is 0.200. The third kappa shape index (κ3) is 1.97. The van der Waals surface area contributed by atoms with E-state index in [1.165, 1.54) is 4.90 Å². The number of ether oxygens (including phenoxy) is 1. The predicted molar refractivity (Wildman–Crippen MR) is 59.7 cm³/mol. The Labute approximate surface area is 92.3 Å². The van der Waals surface area contributed by atoms with E-state index in [0.717, 1.165) is 11.4 Å². The SMILES string of the molecule is COc1ccc(SC)cc1-n1cnnc1. The first-order valence-corrected chi connectivity index (χ1v) is 5.64. The second kappa shape index (κ2) is 4.35. The van der Waals surface area contributed by atoms with E-state index in [1.54, 1.807) is 31.5 Å². The predicted octanol–water partition coefficient (Wildman–Crippen LogP) is 2.00. The third-order valence-electron chi connectivity index (χ3n) is 2.08. The van der Waals surface area contributed by atoms with Gasteiger partial charge in [0.05, 0.1) is 12.8 Å². The van der Waals surface area contributed by atoms with Crippen LogP contribution in [0.1, 0.15) is 0 Å². The average molecular weight is 221 g/mol. The summed E-state index contributed by atoms with van der Waals surface area (Å²) in [5.41, 5.74) is 0.953. The van der Waals surface area contributed by atoms with Crippen molar-refractivity contribution in [2.24, 2.45) is 0 Å². The first-order valence-electron chi connectivity index (χ1n) is 4.42. The van der Waals surface area contributed by atoms with Crippen molar-refractivity contribution in [2.45, 2.75) is 4.90 Å². The number of hydrogen-bond donors (Lipinski definition) is 0. The number of hydrogen-bond acceptors (Lipinski definition) is 4. The largest absolute Gasteiger partial charge is 0.495 e. The van der Waals surface area contributed by atoms with Gasteiger partial charge in [-0.3, -0.25) is 4.57 Å². The molecule has 0 spiro atoms. The summed E-state index contributed by atoms with van der Waals surface area (Å²) < 4.78 is 7.11. The Bertz CT molecular complexity index is 442. The molecule has 0 atom stereocenters. The van der Waals surface area contributed by atoms with Crippen molar-refractivity contribution in [1.29, 1.82) is 0 Å². The molecule has 4 nitrogen and oxygen atoms in total. The summed E-state index contributed by atoms with van der Waals surface area (Å²) in [6, 6.07) is 6.02. The molecule has 0 saturated carbocycles. The van der Waals surface area contributed by atoms with E-state index < -0.39 is 0 Å². The lowest BCUT2D eigenvalue weighted by molar-refractivity contribution is 0.412. The maximum absolute atomic E-state index is 5.28. The standard InChI is InChI=1S/C10H11N3OS/c1-14-10-4-3-8(15-2)5-9(10)13-6-11-12-7-13/h3-7H,1-2H3. The molecule has 0 aliphatic heterocycles. The van der Waals surface area contributed by atoms with Crippen LogP contribution in [0.4, 0.5) is 0 Å². The minimum Gasteiger partial charge on any atom is -0.495 e. The van der Waals surface area contributed by atoms with Crippen LogP contribution in [-0.2, 0) is 0 Å². The fourth-order valence-corrected chi connectivity index (χ4v) is 1.76. The van der Waals surface area contributed by atoms with E-state index in [0.29, 0.717) is 0 Å². The molecule has 15 heavy (non-hydrogen) atoms. The van der Waals surface area contributed by atoms with Gasteiger partial charge in [0.1, 0.15) is 18.4 Å². The summed E-state index contributed by atoms with van der Waals surface area (Å²) in [7, 11) is 1.65. The van der Waals surface area contributed by atoms with E-state index in [-0.39, 0.29) is 0 Å². The van der Waals surface area contributed by atoms with E-state index in [4.69, 9.17) is 4.74 Å². The average Bonchev–Trinajstić information content (AvgIpc) is 2.81. The zero-order chi connectivity index (χ0) is 10.7. The van der Waals surface area contributed by atoms with Crippen molar-refractivity contribution < 1.29 is 4.74 Å². The minimum absolute atomic E-state index is 0.813. The van der Waals surface area contributed by atoms with Gasteiger partial charge >= 0.3 is 0 Å². The van der Waals surface area contributed by atoms with Crippen molar-refractivity contribution in [3.8, 4) is 11.4 Å². The molecule has 2 aromatic rings. The summed E-state index contributed by atoms with van der Waals surface area (Å²) in [6.45, 7) is 0. The molecule has 0 radical (unpaired) electrons. The first kappa shape index (κ1) is 10.0. The molecule has 0 fully saturated rings. The van der Waals surface area contributed by atoms with Crippen LogP contribution >= 0.6 is 11.8 Å². The zero-order valence-electron chi connectivity index (χ0n) is 8.54. The molecule has 0 aliphatic rings. The van der Waals surface area contributed by atoms with Gasteiger partial charge in [0.2, 0.25) is 0 Å². The molecule has 0 aliphatic carbocycles. The second-order valence-electron chi connectivity index (χ2n) is 2.91. The zero-order valence-corrected chi connectivity index (χ0v) is 9.36. The van der Waals surface area contributed by atoms with Gasteiger partial charge in [0.15, 0.2) is 0 Å². The highest BCUT2D eigenvalue weighted by Gasteiger charge is 2.05. The number of methoxy groups -OCH3 is 1. The highest BCUT2D eigenvalue weighted by atomic mass is 32.2. The molecule has 0 unspecified atom stereocenters. The van der Waals surface area contributed by atoms with Crippen molar-refractivity contribution in [3.05, 3.63) is 30.9 Å². The van der Waals surface area contributed by atoms with Gasteiger partial charge in [-0.25, -0.2) is 0 Å². The van der Waals surface area contributed by atoms with Crippen LogP contribution in [0.5, 0.6) is 5.75 Å². The van der Waals surface area contributed by atoms with Crippen molar-refractivity contribution in [2.75, 3.05) is 13.4 Å². The van der Waals surface area contributed by atoms with Crippen LogP contribution in [0.15, 0.2) is 35.7 Å². The van der Waals surface area contributed by atoms with E-state index in [9.17, 15) is 0 Å². The molecule has 1 aromatic carbocycles. The molecular weight excluding hydrogens is 210 g/mol. The second-order valence-corrected chi connectivity index (χ2v) is 3.79. The maximum atomic E-state index is 5.28. The van der Waals surface area contributed by atoms with Gasteiger partial charge in [-0.2, -0.15) is 0 Å². The van der Waals surface area contributed by atoms with E-state index in [1.807, 2.05) is 29.0 Å². The van der Waals surface area contributed by atoms with Gasteiger partial charge in [-0.1, -0.05) is 0 Å². The molecule has 0 saturated heterocycles. The number of thioether (sulfide) groups is 1. The topological polar surface area (TPSA) is 39.9 Å². The first-order chi connectivity index (χ1) is 7.35. The van der Waals surface area contributed by atoms with Crippen molar-refractivity contribution >= 4 is 11.8 Å². The number of nitrogens with zero attached hydrogens (tertiary/aromatic N) is 3. The normalized spacial score (nSPS) is 10.3. The van der Waals surface area contributed by atoms with Gasteiger partial charge < -0.3 is 4.74 Å². The van der Waals surface area contributed by atoms with Crippen molar-refractivity contribution in [1.82, 2.24) is 14.8 Å². The van der Waals surface area contributed by atoms with Crippen LogP contribution in [0.2, 0.25) is 0 Å². The maximum Gasteiger partial charge on any atom is 0.143 e. The molecule has 78 valence electrons. The highest BCUT2D eigenvalue weighted by Crippen LogP contribution is 2.27. The van der Waals surface area contributed by atoms with Gasteiger partial charge in [-0.15, -0.1) is 22.0 Å². The summed E-state index contributed by atoms with van der Waals surface area (Å²) in [5, 5.41) is 7.56. The van der Waals surface area contributed by atoms with Crippen molar-refractivity contribution in [3.63, 3.8) is 0 Å². The lowest BCUT2D eigenvalue weighted by Gasteiger charge is -2.09. The van der Waals surface area contributed by atoms with Crippen LogP contribution in [0, 0.1) is 0 Å². The lowest BCUT2D eigenvalue weighted by atomic mass is 10.3. The number of rotatable bonds is 3. The Morgan fingerprint density at radius 1 is 1.27 bits per heavy atom. The Morgan fingerprint density at radius 3 is 2.60 bits per heavy atom. The Balaban J connectivity index is 2.52. The van der Waals surface area contributed by atoms with E-state index in [2.05, 4.69) is 10.2 Å². The van der Waals surface area contributed by atoms with Gasteiger partial charge in [0, 0.05) is 4.90 Å². The van der Waals surface area contributed by atoms with Gasteiger partial charge in [0.25, 0.3) is 0 Å². The third-order valence-corrected chi connectivity index (χ3v) is 2.81. The quantitative estimate of drug-likeness (QED) is 0.743. The van der Waals surface area contributed by atoms with Gasteiger partial charge in [-0.05, 0) is 24.5 Å². The molecule has 1 heterocycles. The molecule has 2 rings (SSSR count). The summed E-state index contributed by atoms with van der Waals surface area (Å²) >= 11 is 1.69. The van der Waals surface area contributed by atoms with Crippen LogP contribution in [-0.4, -0.2) is 28.1 Å². The molecule has 0 N–H and O–H groups in total. The molecule has 1 aromatic heterocycles. The van der Waals surface area contributed by atoms with E-state index >= 15 is 0 Å². The lowest BCUT2D eigenvalue weighted by Crippen LogP contribution is -1.95. The molecular formula is C10H11N3OS. The number of aromatic nitrogens is 3. The monoisotopic (exact) mass is 221 g/mol. The highest BCUT2D eigenvalue weighted by molar-refractivity contribution is 7.98. The van der Waals surface area contributed by atoms with Crippen LogP contribution in [0.25, 0.3) is 5.69 Å². The van der Waals surface area contributed by atoms with Crippen LogP contribution < -0.4 is 4.74 Å². The van der Waals surface area contributed by atoms with Crippen LogP contribution in [0.3, 0.4) is 0 Å². The fourth-order valence-electron chi connectivity index (χ4n) is 1.32. The summed E-state index contributed by atoms with van der Waals surface area (Å²) in [6.07, 6.45) is 5.35. The molecule has 0 amide bonds. The summed E-state index contributed by atoms with van der Waals surface area (Å²) in [4.78, 5) is 1.18. The smallest absolute Gasteiger partial charge is 0.143 e. The number of benzene rings is 1.